The fourth-order valence-corrected chi connectivity index (χ4v) is 5.57. The van der Waals surface area contributed by atoms with Gasteiger partial charge in [0.2, 0.25) is 0 Å². The van der Waals surface area contributed by atoms with Crippen LogP contribution in [0.2, 0.25) is 0 Å². The smallest absolute Gasteiger partial charge is 0.193 e. The highest BCUT2D eigenvalue weighted by atomic mass is 32.1. The van der Waals surface area contributed by atoms with Gasteiger partial charge in [-0.05, 0) is 31.1 Å². The Bertz CT molecular complexity index is 1310. The van der Waals surface area contributed by atoms with Gasteiger partial charge >= 0.3 is 0 Å². The van der Waals surface area contributed by atoms with E-state index >= 15 is 0 Å². The lowest BCUT2D eigenvalue weighted by Crippen LogP contribution is -2.42. The minimum Gasteiger partial charge on any atom is -0.379 e. The van der Waals surface area contributed by atoms with Crippen molar-refractivity contribution in [3.63, 3.8) is 0 Å². The van der Waals surface area contributed by atoms with Crippen molar-refractivity contribution in [2.24, 2.45) is 0 Å². The summed E-state index contributed by atoms with van der Waals surface area (Å²) in [5.41, 5.74) is 5.11. The summed E-state index contributed by atoms with van der Waals surface area (Å²) in [7, 11) is 0. The highest BCUT2D eigenvalue weighted by Crippen LogP contribution is 2.40. The lowest BCUT2D eigenvalue weighted by atomic mass is 9.98. The number of rotatable bonds is 4. The molecule has 1 N–H and O–H groups in total. The van der Waals surface area contributed by atoms with Gasteiger partial charge in [-0.3, -0.25) is 10.00 Å². The molecule has 162 valence electrons. The van der Waals surface area contributed by atoms with Gasteiger partial charge in [0, 0.05) is 25.3 Å². The first-order valence-electron chi connectivity index (χ1n) is 10.8. The quantitative estimate of drug-likeness (QED) is 0.517. The van der Waals surface area contributed by atoms with Gasteiger partial charge in [0.1, 0.15) is 16.2 Å². The summed E-state index contributed by atoms with van der Waals surface area (Å²) < 4.78 is 7.41. The van der Waals surface area contributed by atoms with Crippen molar-refractivity contribution < 1.29 is 4.74 Å². The molecule has 1 atom stereocenters. The number of fused-ring (bicyclic) bond motifs is 1. The molecule has 5 heterocycles. The highest BCUT2D eigenvalue weighted by molar-refractivity contribution is 7.18. The van der Waals surface area contributed by atoms with E-state index in [1.165, 1.54) is 0 Å². The third-order valence-corrected chi connectivity index (χ3v) is 7.11. The standard InChI is InChI=1S/C23H23N7OS/c1-15-19(18-4-2-3-9-30(18)28-15)23-26-20(21(32-23)22-24-14-25-27-22)16-5-7-17(8-6-16)29-10-12-31-13-11-29/h2-7,9,14,17H,8,10-13H2,1H3,(H,24,25,27). The van der Waals surface area contributed by atoms with E-state index in [4.69, 9.17) is 9.72 Å². The largest absolute Gasteiger partial charge is 0.379 e. The molecule has 32 heavy (non-hydrogen) atoms. The number of pyridine rings is 1. The maximum absolute atomic E-state index is 5.50. The molecule has 2 aliphatic rings. The molecule has 0 bridgehead atoms. The minimum absolute atomic E-state index is 0.412. The Morgan fingerprint density at radius 1 is 1.22 bits per heavy atom. The number of hydrogen-bond donors (Lipinski definition) is 1. The molecule has 9 heteroatoms. The van der Waals surface area contributed by atoms with Crippen LogP contribution in [0.25, 0.3) is 32.4 Å². The van der Waals surface area contributed by atoms with E-state index in [1.54, 1.807) is 17.7 Å². The lowest BCUT2D eigenvalue weighted by Gasteiger charge is -2.33. The number of hydrogen-bond acceptors (Lipinski definition) is 7. The van der Waals surface area contributed by atoms with Crippen LogP contribution in [0.15, 0.2) is 49.0 Å². The molecule has 1 aliphatic carbocycles. The number of allylic oxidation sites excluding steroid dienone is 2. The second-order valence-corrected chi connectivity index (χ2v) is 8.98. The van der Waals surface area contributed by atoms with E-state index in [1.807, 2.05) is 29.8 Å². The molecule has 0 amide bonds. The van der Waals surface area contributed by atoms with E-state index in [2.05, 4.69) is 49.5 Å². The number of H-pyrrole nitrogens is 1. The molecule has 0 aromatic carbocycles. The van der Waals surface area contributed by atoms with Crippen LogP contribution in [0.5, 0.6) is 0 Å². The van der Waals surface area contributed by atoms with Gasteiger partial charge in [0.15, 0.2) is 5.82 Å². The normalized spacial score (nSPS) is 19.5. The van der Waals surface area contributed by atoms with Gasteiger partial charge in [-0.2, -0.15) is 10.2 Å². The third-order valence-electron chi connectivity index (χ3n) is 6.04. The van der Waals surface area contributed by atoms with Crippen molar-refractivity contribution in [2.45, 2.75) is 19.4 Å². The van der Waals surface area contributed by atoms with Crippen LogP contribution in [0.3, 0.4) is 0 Å². The van der Waals surface area contributed by atoms with E-state index in [9.17, 15) is 0 Å². The van der Waals surface area contributed by atoms with E-state index < -0.39 is 0 Å². The number of aryl methyl sites for hydroxylation is 1. The molecular formula is C23H23N7OS. The topological polar surface area (TPSA) is 84.2 Å². The minimum atomic E-state index is 0.412. The predicted molar refractivity (Wildman–Crippen MR) is 124 cm³/mol. The molecule has 6 rings (SSSR count). The van der Waals surface area contributed by atoms with Crippen LogP contribution in [0.1, 0.15) is 17.8 Å². The van der Waals surface area contributed by atoms with Gasteiger partial charge in [0.25, 0.3) is 0 Å². The SMILES string of the molecule is Cc1nn2ccccc2c1-c1nc(C2=CCC(N3CCOCC3)C=C2)c(-c2nc[nH]n2)s1. The molecule has 0 spiro atoms. The number of thiazole rings is 1. The zero-order chi connectivity index (χ0) is 21.5. The average Bonchev–Trinajstić information content (AvgIpc) is 3.57. The van der Waals surface area contributed by atoms with Crippen LogP contribution in [0, 0.1) is 6.92 Å². The van der Waals surface area contributed by atoms with Crippen molar-refractivity contribution in [2.75, 3.05) is 26.3 Å². The van der Waals surface area contributed by atoms with Crippen molar-refractivity contribution in [3.8, 4) is 21.3 Å². The summed E-state index contributed by atoms with van der Waals surface area (Å²) in [5.74, 6) is 0.669. The molecule has 1 aliphatic heterocycles. The second kappa shape index (κ2) is 8.09. The van der Waals surface area contributed by atoms with Crippen LogP contribution >= 0.6 is 11.3 Å². The Kier molecular flexibility index (Phi) is 4.94. The van der Waals surface area contributed by atoms with Gasteiger partial charge < -0.3 is 4.74 Å². The predicted octanol–water partition coefficient (Wildman–Crippen LogP) is 3.60. The summed E-state index contributed by atoms with van der Waals surface area (Å²) in [6.07, 6.45) is 11.3. The van der Waals surface area contributed by atoms with Gasteiger partial charge in [-0.1, -0.05) is 24.3 Å². The fraction of sp³-hybridized carbons (Fsp3) is 0.304. The van der Waals surface area contributed by atoms with Crippen molar-refractivity contribution in [1.29, 1.82) is 0 Å². The fourth-order valence-electron chi connectivity index (χ4n) is 4.44. The molecule has 1 unspecified atom stereocenters. The van der Waals surface area contributed by atoms with Crippen LogP contribution in [-0.4, -0.2) is 67.0 Å². The van der Waals surface area contributed by atoms with Gasteiger partial charge in [-0.25, -0.2) is 14.5 Å². The molecule has 0 radical (unpaired) electrons. The molecule has 0 saturated carbocycles. The molecule has 4 aromatic rings. The van der Waals surface area contributed by atoms with E-state index in [0.29, 0.717) is 11.9 Å². The van der Waals surface area contributed by atoms with E-state index in [0.717, 1.165) is 70.6 Å². The number of nitrogens with zero attached hydrogens (tertiary/aromatic N) is 6. The molecule has 1 saturated heterocycles. The average molecular weight is 446 g/mol. The van der Waals surface area contributed by atoms with Crippen molar-refractivity contribution in [1.82, 2.24) is 34.7 Å². The number of aromatic amines is 1. The van der Waals surface area contributed by atoms with Crippen molar-refractivity contribution in [3.05, 3.63) is 60.3 Å². The zero-order valence-corrected chi connectivity index (χ0v) is 18.5. The first-order chi connectivity index (χ1) is 15.8. The monoisotopic (exact) mass is 445 g/mol. The summed E-state index contributed by atoms with van der Waals surface area (Å²) in [5, 5.41) is 12.8. The van der Waals surface area contributed by atoms with Crippen LogP contribution < -0.4 is 0 Å². The maximum atomic E-state index is 5.50. The summed E-state index contributed by atoms with van der Waals surface area (Å²) in [6, 6.07) is 6.51. The first-order valence-corrected chi connectivity index (χ1v) is 11.6. The second-order valence-electron chi connectivity index (χ2n) is 7.98. The van der Waals surface area contributed by atoms with E-state index in [-0.39, 0.29) is 0 Å². The zero-order valence-electron chi connectivity index (χ0n) is 17.7. The molecular weight excluding hydrogens is 422 g/mol. The Balaban J connectivity index is 1.40. The Hall–Kier alpha value is -3.14. The number of morpholine rings is 1. The number of aromatic nitrogens is 6. The third kappa shape index (κ3) is 3.38. The number of nitrogens with one attached hydrogen (secondary N) is 1. The Morgan fingerprint density at radius 3 is 2.91 bits per heavy atom. The maximum Gasteiger partial charge on any atom is 0.193 e. The van der Waals surface area contributed by atoms with Gasteiger partial charge in [-0.15, -0.1) is 11.3 Å². The Labute approximate surface area is 189 Å². The van der Waals surface area contributed by atoms with Crippen LogP contribution in [-0.2, 0) is 4.74 Å². The summed E-state index contributed by atoms with van der Waals surface area (Å²) in [6.45, 7) is 5.61. The summed E-state index contributed by atoms with van der Waals surface area (Å²) in [4.78, 5) is 13.0. The van der Waals surface area contributed by atoms with Crippen LogP contribution in [0.4, 0.5) is 0 Å². The molecule has 8 nitrogen and oxygen atoms in total. The van der Waals surface area contributed by atoms with Crippen molar-refractivity contribution >= 4 is 22.4 Å². The Morgan fingerprint density at radius 2 is 2.12 bits per heavy atom. The lowest BCUT2D eigenvalue weighted by molar-refractivity contribution is 0.0260. The number of ether oxygens (including phenoxy) is 1. The first kappa shape index (κ1) is 19.5. The molecule has 1 fully saturated rings. The highest BCUT2D eigenvalue weighted by Gasteiger charge is 2.25. The molecule has 4 aromatic heterocycles. The van der Waals surface area contributed by atoms with Gasteiger partial charge in [0.05, 0.1) is 35.7 Å². The summed E-state index contributed by atoms with van der Waals surface area (Å²) >= 11 is 1.62.